The number of hydrogen-bond donors (Lipinski definition) is 1. The number of anilines is 1. The molecule has 3 aromatic rings. The van der Waals surface area contributed by atoms with Crippen LogP contribution < -0.4 is 5.32 Å². The molecule has 0 aromatic heterocycles. The Kier molecular flexibility index (Phi) is 5.12. The highest BCUT2D eigenvalue weighted by atomic mass is 32.2. The first-order valence-electron chi connectivity index (χ1n) is 7.46. The van der Waals surface area contributed by atoms with Gasteiger partial charge in [0.15, 0.2) is 0 Å². The van der Waals surface area contributed by atoms with Crippen LogP contribution in [0.1, 0.15) is 5.56 Å². The Hall–Kier alpha value is -2.52. The second-order valence-corrected chi connectivity index (χ2v) is 5.84. The number of aliphatic imine (C=N–C) groups is 1. The quantitative estimate of drug-likeness (QED) is 0.385. The molecule has 0 amide bonds. The van der Waals surface area contributed by atoms with Gasteiger partial charge in [-0.2, -0.15) is 0 Å². The molecule has 0 aliphatic rings. The minimum absolute atomic E-state index is 0.846. The summed E-state index contributed by atoms with van der Waals surface area (Å²) in [6.45, 7) is 0. The minimum Gasteiger partial charge on any atom is -0.340 e. The smallest absolute Gasteiger partial charge is 0.138 e. The molecular weight excluding hydrogens is 300 g/mol. The molecule has 0 aliphatic carbocycles. The Labute approximate surface area is 141 Å². The number of thioether (sulfide) groups is 1. The van der Waals surface area contributed by atoms with Crippen LogP contribution in [0.2, 0.25) is 0 Å². The summed E-state index contributed by atoms with van der Waals surface area (Å²) in [5, 5.41) is 3.44. The largest absolute Gasteiger partial charge is 0.340 e. The molecule has 0 heterocycles. The van der Waals surface area contributed by atoms with Gasteiger partial charge in [-0.1, -0.05) is 60.7 Å². The first-order chi connectivity index (χ1) is 11.4. The normalized spacial score (nSPS) is 11.3. The van der Waals surface area contributed by atoms with Crippen LogP contribution in [0.25, 0.3) is 0 Å². The van der Waals surface area contributed by atoms with E-state index in [-0.39, 0.29) is 0 Å². The second-order valence-electron chi connectivity index (χ2n) is 4.99. The number of benzene rings is 3. The predicted octanol–water partition coefficient (Wildman–Crippen LogP) is 5.60. The van der Waals surface area contributed by atoms with Gasteiger partial charge >= 0.3 is 0 Å². The number of hydrogen-bond acceptors (Lipinski definition) is 2. The van der Waals surface area contributed by atoms with E-state index in [4.69, 9.17) is 4.99 Å². The van der Waals surface area contributed by atoms with E-state index in [0.717, 1.165) is 27.7 Å². The lowest BCUT2D eigenvalue weighted by atomic mass is 10.2. The summed E-state index contributed by atoms with van der Waals surface area (Å²) in [5.74, 6) is 0.846. The summed E-state index contributed by atoms with van der Waals surface area (Å²) in [7, 11) is 0. The molecule has 3 rings (SSSR count). The average Bonchev–Trinajstić information content (AvgIpc) is 2.63. The maximum Gasteiger partial charge on any atom is 0.138 e. The molecule has 0 fully saturated rings. The molecule has 0 atom stereocenters. The van der Waals surface area contributed by atoms with Gasteiger partial charge in [-0.05, 0) is 30.5 Å². The Bertz CT molecular complexity index is 783. The Balaban J connectivity index is 2.03. The molecular formula is C20H18N2S. The number of nitrogens with zero attached hydrogens (tertiary/aromatic N) is 1. The van der Waals surface area contributed by atoms with Crippen molar-refractivity contribution in [2.75, 3.05) is 11.6 Å². The monoisotopic (exact) mass is 318 g/mol. The molecule has 0 unspecified atom stereocenters. The van der Waals surface area contributed by atoms with E-state index >= 15 is 0 Å². The van der Waals surface area contributed by atoms with Crippen molar-refractivity contribution in [2.45, 2.75) is 4.90 Å². The van der Waals surface area contributed by atoms with E-state index in [2.05, 4.69) is 29.8 Å². The van der Waals surface area contributed by atoms with Crippen LogP contribution in [-0.4, -0.2) is 12.1 Å². The van der Waals surface area contributed by atoms with Gasteiger partial charge < -0.3 is 5.32 Å². The molecule has 0 saturated heterocycles. The molecule has 0 bridgehead atoms. The average molecular weight is 318 g/mol. The molecule has 3 aromatic carbocycles. The standard InChI is InChI=1S/C20H18N2S/c1-23-19-15-9-8-14-18(19)22-20(16-10-4-2-5-11-16)21-17-12-6-3-7-13-17/h2-15H,1H3,(H,21,22). The van der Waals surface area contributed by atoms with Gasteiger partial charge in [-0.15, -0.1) is 11.8 Å². The molecule has 0 spiro atoms. The zero-order valence-electron chi connectivity index (χ0n) is 12.9. The number of nitrogens with one attached hydrogen (secondary N) is 1. The third-order valence-electron chi connectivity index (χ3n) is 3.40. The van der Waals surface area contributed by atoms with E-state index < -0.39 is 0 Å². The van der Waals surface area contributed by atoms with Crippen LogP contribution in [0.15, 0.2) is 94.8 Å². The second kappa shape index (κ2) is 7.65. The van der Waals surface area contributed by atoms with E-state index in [0.29, 0.717) is 0 Å². The molecule has 1 N–H and O–H groups in total. The molecule has 3 heteroatoms. The minimum atomic E-state index is 0.846. The van der Waals surface area contributed by atoms with Gasteiger partial charge in [0, 0.05) is 16.1 Å². The van der Waals surface area contributed by atoms with Crippen molar-refractivity contribution in [3.05, 3.63) is 90.5 Å². The highest BCUT2D eigenvalue weighted by Crippen LogP contribution is 2.28. The summed E-state index contributed by atoms with van der Waals surface area (Å²) in [5.41, 5.74) is 3.06. The fraction of sp³-hybridized carbons (Fsp3) is 0.0500. The lowest BCUT2D eigenvalue weighted by Crippen LogP contribution is -2.13. The summed E-state index contributed by atoms with van der Waals surface area (Å²) in [6, 6.07) is 28.5. The fourth-order valence-electron chi connectivity index (χ4n) is 2.26. The Morgan fingerprint density at radius 2 is 1.39 bits per heavy atom. The van der Waals surface area contributed by atoms with E-state index in [9.17, 15) is 0 Å². The molecule has 0 radical (unpaired) electrons. The number of rotatable bonds is 4. The lowest BCUT2D eigenvalue weighted by Gasteiger charge is -2.11. The zero-order valence-corrected chi connectivity index (χ0v) is 13.8. The van der Waals surface area contributed by atoms with Crippen molar-refractivity contribution in [3.8, 4) is 0 Å². The Morgan fingerprint density at radius 1 is 0.783 bits per heavy atom. The Morgan fingerprint density at radius 3 is 2.09 bits per heavy atom. The van der Waals surface area contributed by atoms with Crippen molar-refractivity contribution >= 4 is 29.0 Å². The van der Waals surface area contributed by atoms with Crippen LogP contribution in [-0.2, 0) is 0 Å². The molecule has 0 aliphatic heterocycles. The zero-order chi connectivity index (χ0) is 15.9. The van der Waals surface area contributed by atoms with Crippen molar-refractivity contribution in [2.24, 2.45) is 4.99 Å². The summed E-state index contributed by atoms with van der Waals surface area (Å²) in [4.78, 5) is 6.04. The first-order valence-corrected chi connectivity index (χ1v) is 8.68. The van der Waals surface area contributed by atoms with Crippen molar-refractivity contribution < 1.29 is 0 Å². The predicted molar refractivity (Wildman–Crippen MR) is 101 cm³/mol. The first kappa shape index (κ1) is 15.4. The van der Waals surface area contributed by atoms with Gasteiger partial charge in [0.05, 0.1) is 5.69 Å². The maximum absolute atomic E-state index is 4.88. The van der Waals surface area contributed by atoms with Crippen LogP contribution in [0, 0.1) is 0 Å². The maximum atomic E-state index is 4.88. The third kappa shape index (κ3) is 4.02. The summed E-state index contributed by atoms with van der Waals surface area (Å²) >= 11 is 1.70. The van der Waals surface area contributed by atoms with Crippen LogP contribution >= 0.6 is 11.8 Å². The van der Waals surface area contributed by atoms with Crippen LogP contribution in [0.3, 0.4) is 0 Å². The van der Waals surface area contributed by atoms with Gasteiger partial charge in [-0.25, -0.2) is 4.99 Å². The SMILES string of the molecule is CSc1ccccc1N=C(Nc1ccccc1)c1ccccc1. The van der Waals surface area contributed by atoms with Crippen LogP contribution in [0.4, 0.5) is 11.4 Å². The number of para-hydroxylation sites is 2. The molecule has 114 valence electrons. The van der Waals surface area contributed by atoms with Gasteiger partial charge in [0.25, 0.3) is 0 Å². The van der Waals surface area contributed by atoms with Gasteiger partial charge in [0.2, 0.25) is 0 Å². The van der Waals surface area contributed by atoms with E-state index in [1.165, 1.54) is 0 Å². The summed E-state index contributed by atoms with van der Waals surface area (Å²) < 4.78 is 0. The number of amidine groups is 1. The van der Waals surface area contributed by atoms with Gasteiger partial charge in [0.1, 0.15) is 5.84 Å². The lowest BCUT2D eigenvalue weighted by molar-refractivity contribution is 1.36. The molecule has 0 saturated carbocycles. The summed E-state index contributed by atoms with van der Waals surface area (Å²) in [6.07, 6.45) is 2.07. The highest BCUT2D eigenvalue weighted by molar-refractivity contribution is 7.98. The van der Waals surface area contributed by atoms with Crippen molar-refractivity contribution in [3.63, 3.8) is 0 Å². The molecule has 2 nitrogen and oxygen atoms in total. The molecule has 23 heavy (non-hydrogen) atoms. The topological polar surface area (TPSA) is 24.4 Å². The fourth-order valence-corrected chi connectivity index (χ4v) is 2.80. The van der Waals surface area contributed by atoms with Crippen molar-refractivity contribution in [1.82, 2.24) is 0 Å². The van der Waals surface area contributed by atoms with Crippen LogP contribution in [0.5, 0.6) is 0 Å². The highest BCUT2D eigenvalue weighted by Gasteiger charge is 2.06. The van der Waals surface area contributed by atoms with E-state index in [1.54, 1.807) is 11.8 Å². The third-order valence-corrected chi connectivity index (χ3v) is 4.19. The van der Waals surface area contributed by atoms with Crippen molar-refractivity contribution in [1.29, 1.82) is 0 Å². The van der Waals surface area contributed by atoms with Gasteiger partial charge in [-0.3, -0.25) is 0 Å². The van der Waals surface area contributed by atoms with E-state index in [1.807, 2.05) is 66.7 Å².